The molecule has 0 aliphatic carbocycles. The number of unbranched alkanes of at least 4 members (excludes halogenated alkanes) is 8. The molecule has 0 aliphatic rings. The summed E-state index contributed by atoms with van der Waals surface area (Å²) in [5, 5.41) is 0. The maximum Gasteiger partial charge on any atom is 0.198 e. The van der Waals surface area contributed by atoms with Crippen molar-refractivity contribution in [2.45, 2.75) is 57.8 Å². The Hall–Kier alpha value is -0.370. The fraction of sp³-hybridized carbons (Fsp3) is 0.923. The number of nitrogens with zero attached hydrogens (tertiary/aromatic N) is 1. The van der Waals surface area contributed by atoms with Crippen molar-refractivity contribution in [2.24, 2.45) is 0 Å². The van der Waals surface area contributed by atoms with E-state index < -0.39 is 0 Å². The highest BCUT2D eigenvalue weighted by Gasteiger charge is 1.93. The molecule has 89 valence electrons. The highest BCUT2D eigenvalue weighted by Crippen LogP contribution is 2.09. The predicted molar refractivity (Wildman–Crippen MR) is 65.8 cm³/mol. The number of hydrogen-bond acceptors (Lipinski definition) is 2. The minimum absolute atomic E-state index is 0.628. The Labute approximate surface area is 95.0 Å². The summed E-state index contributed by atoms with van der Waals surface area (Å²) in [6.45, 7) is 1.22. The third kappa shape index (κ3) is 13.6. The maximum atomic E-state index is 9.94. The van der Waals surface area contributed by atoms with Crippen molar-refractivity contribution in [1.82, 2.24) is 4.90 Å². The summed E-state index contributed by atoms with van der Waals surface area (Å²) in [6.07, 6.45) is 12.8. The van der Waals surface area contributed by atoms with Gasteiger partial charge in [-0.15, -0.1) is 0 Å². The molecule has 0 heterocycles. The quantitative estimate of drug-likeness (QED) is 0.490. The van der Waals surface area contributed by atoms with E-state index in [1.54, 1.807) is 0 Å². The smallest absolute Gasteiger partial charge is 0.198 e. The van der Waals surface area contributed by atoms with Crippen molar-refractivity contribution in [2.75, 3.05) is 20.6 Å². The Bertz CT molecular complexity index is 134. The second-order valence-corrected chi connectivity index (χ2v) is 4.53. The summed E-state index contributed by atoms with van der Waals surface area (Å²) in [5.41, 5.74) is 0. The van der Waals surface area contributed by atoms with Crippen molar-refractivity contribution >= 4 is 6.29 Å². The van der Waals surface area contributed by atoms with Gasteiger partial charge in [0.05, 0.1) is 0 Å². The first-order valence-electron chi connectivity index (χ1n) is 6.27. The molecule has 0 saturated carbocycles. The van der Waals surface area contributed by atoms with Crippen LogP contribution in [0.25, 0.3) is 0 Å². The predicted octanol–water partition coefficient (Wildman–Crippen LogP) is 3.17. The maximum absolute atomic E-state index is 9.94. The van der Waals surface area contributed by atoms with Gasteiger partial charge in [-0.2, -0.15) is 0 Å². The molecular formula is C13H26NO. The van der Waals surface area contributed by atoms with Crippen molar-refractivity contribution in [1.29, 1.82) is 0 Å². The van der Waals surface area contributed by atoms with E-state index in [1.807, 2.05) is 6.29 Å². The molecule has 0 amide bonds. The molecule has 0 unspecified atom stereocenters. The zero-order valence-electron chi connectivity index (χ0n) is 10.4. The Morgan fingerprint density at radius 1 is 0.800 bits per heavy atom. The van der Waals surface area contributed by atoms with Crippen LogP contribution in [0.15, 0.2) is 0 Å². The molecule has 0 spiro atoms. The standard InChI is InChI=1S/C13H26NO/c1-14(2)12-10-8-6-4-3-5-7-9-11-13-15/h3-12H2,1-2H3. The molecule has 2 heteroatoms. The topological polar surface area (TPSA) is 20.3 Å². The van der Waals surface area contributed by atoms with Gasteiger partial charge in [0.15, 0.2) is 6.29 Å². The molecule has 1 radical (unpaired) electrons. The van der Waals surface area contributed by atoms with Crippen molar-refractivity contribution in [3.05, 3.63) is 0 Å². The zero-order valence-corrected chi connectivity index (χ0v) is 10.4. The van der Waals surface area contributed by atoms with Gasteiger partial charge in [0.1, 0.15) is 0 Å². The van der Waals surface area contributed by atoms with E-state index in [0.29, 0.717) is 6.42 Å². The van der Waals surface area contributed by atoms with Gasteiger partial charge in [-0.1, -0.05) is 38.5 Å². The summed E-state index contributed by atoms with van der Waals surface area (Å²) < 4.78 is 0. The molecule has 0 atom stereocenters. The molecule has 0 bridgehead atoms. The fourth-order valence-electron chi connectivity index (χ4n) is 1.69. The summed E-state index contributed by atoms with van der Waals surface area (Å²) in [4.78, 5) is 12.2. The van der Waals surface area contributed by atoms with Gasteiger partial charge in [-0.05, 0) is 33.5 Å². The normalized spacial score (nSPS) is 10.9. The van der Waals surface area contributed by atoms with Crippen LogP contribution < -0.4 is 0 Å². The Morgan fingerprint density at radius 2 is 1.27 bits per heavy atom. The first-order chi connectivity index (χ1) is 7.27. The lowest BCUT2D eigenvalue weighted by atomic mass is 10.1. The summed E-state index contributed by atoms with van der Waals surface area (Å²) in [7, 11) is 4.26. The van der Waals surface area contributed by atoms with Crippen LogP contribution in [0.4, 0.5) is 0 Å². The van der Waals surface area contributed by atoms with Gasteiger partial charge >= 0.3 is 0 Å². The van der Waals surface area contributed by atoms with E-state index in [9.17, 15) is 4.79 Å². The number of hydrogen-bond donors (Lipinski definition) is 0. The van der Waals surface area contributed by atoms with E-state index in [0.717, 1.165) is 6.42 Å². The molecular weight excluding hydrogens is 186 g/mol. The van der Waals surface area contributed by atoms with Crippen LogP contribution in [0.1, 0.15) is 57.8 Å². The minimum Gasteiger partial charge on any atom is -0.309 e. The molecule has 0 rings (SSSR count). The molecule has 0 aliphatic heterocycles. The van der Waals surface area contributed by atoms with Gasteiger partial charge in [0.2, 0.25) is 0 Å². The average Bonchev–Trinajstić information content (AvgIpc) is 2.20. The molecule has 2 nitrogen and oxygen atoms in total. The molecule has 0 aromatic rings. The van der Waals surface area contributed by atoms with Crippen LogP contribution in [0.5, 0.6) is 0 Å². The Kier molecular flexibility index (Phi) is 11.4. The average molecular weight is 212 g/mol. The molecule has 0 saturated heterocycles. The lowest BCUT2D eigenvalue weighted by molar-refractivity contribution is 0.389. The molecule has 0 aromatic carbocycles. The first-order valence-corrected chi connectivity index (χ1v) is 6.27. The van der Waals surface area contributed by atoms with Gasteiger partial charge in [0.25, 0.3) is 0 Å². The third-order valence-electron chi connectivity index (χ3n) is 2.63. The third-order valence-corrected chi connectivity index (χ3v) is 2.63. The van der Waals surface area contributed by atoms with Crippen molar-refractivity contribution < 1.29 is 4.79 Å². The molecule has 0 aromatic heterocycles. The number of carbonyl (C=O) groups excluding carboxylic acids is 1. The first kappa shape index (κ1) is 14.6. The second kappa shape index (κ2) is 11.7. The lowest BCUT2D eigenvalue weighted by Gasteiger charge is -2.08. The van der Waals surface area contributed by atoms with Crippen LogP contribution in [0.3, 0.4) is 0 Å². The summed E-state index contributed by atoms with van der Waals surface area (Å²) >= 11 is 0. The van der Waals surface area contributed by atoms with Crippen LogP contribution in [0, 0.1) is 0 Å². The molecule has 0 fully saturated rings. The van der Waals surface area contributed by atoms with E-state index in [-0.39, 0.29) is 0 Å². The van der Waals surface area contributed by atoms with Crippen molar-refractivity contribution in [3.63, 3.8) is 0 Å². The van der Waals surface area contributed by atoms with Crippen LogP contribution >= 0.6 is 0 Å². The van der Waals surface area contributed by atoms with E-state index >= 15 is 0 Å². The molecule has 0 N–H and O–H groups in total. The Balaban J connectivity index is 2.89. The van der Waals surface area contributed by atoms with Crippen molar-refractivity contribution in [3.8, 4) is 0 Å². The van der Waals surface area contributed by atoms with E-state index in [1.165, 1.54) is 51.5 Å². The van der Waals surface area contributed by atoms with Crippen LogP contribution in [-0.2, 0) is 4.79 Å². The van der Waals surface area contributed by atoms with E-state index in [2.05, 4.69) is 19.0 Å². The fourth-order valence-corrected chi connectivity index (χ4v) is 1.69. The minimum atomic E-state index is 0.628. The SMILES string of the molecule is CN(C)CCCCCCCCCC[C]=O. The second-order valence-electron chi connectivity index (χ2n) is 4.53. The van der Waals surface area contributed by atoms with Gasteiger partial charge in [0, 0.05) is 6.42 Å². The zero-order chi connectivity index (χ0) is 11.4. The van der Waals surface area contributed by atoms with Gasteiger partial charge in [-0.3, -0.25) is 4.79 Å². The largest absolute Gasteiger partial charge is 0.309 e. The Morgan fingerprint density at radius 3 is 1.73 bits per heavy atom. The van der Waals surface area contributed by atoms with Gasteiger partial charge < -0.3 is 4.90 Å². The number of rotatable bonds is 11. The van der Waals surface area contributed by atoms with Crippen LogP contribution in [0.2, 0.25) is 0 Å². The molecule has 15 heavy (non-hydrogen) atoms. The summed E-state index contributed by atoms with van der Waals surface area (Å²) in [6, 6.07) is 0. The summed E-state index contributed by atoms with van der Waals surface area (Å²) in [5.74, 6) is 0. The highest BCUT2D eigenvalue weighted by atomic mass is 16.1. The highest BCUT2D eigenvalue weighted by molar-refractivity contribution is 5.50. The lowest BCUT2D eigenvalue weighted by Crippen LogP contribution is -2.12. The monoisotopic (exact) mass is 212 g/mol. The van der Waals surface area contributed by atoms with E-state index in [4.69, 9.17) is 0 Å². The van der Waals surface area contributed by atoms with Gasteiger partial charge in [-0.25, -0.2) is 0 Å². The van der Waals surface area contributed by atoms with Crippen LogP contribution in [-0.4, -0.2) is 31.8 Å².